The second kappa shape index (κ2) is 6.94. The van der Waals surface area contributed by atoms with Crippen LogP contribution in [-0.2, 0) is 16.0 Å². The fourth-order valence-corrected chi connectivity index (χ4v) is 2.72. The zero-order valence-corrected chi connectivity index (χ0v) is 13.6. The standard InChI is InChI=1S/C15H18BrF2NO2/c1-9(2)19-5-6-21-14(8-19)13(20)7-10-12(17)4-3-11(16)15(10)18/h3-4,9,14H,5-8H2,1-2H3. The van der Waals surface area contributed by atoms with Crippen molar-refractivity contribution in [1.29, 1.82) is 0 Å². The highest BCUT2D eigenvalue weighted by Gasteiger charge is 2.29. The lowest BCUT2D eigenvalue weighted by molar-refractivity contribution is -0.136. The largest absolute Gasteiger partial charge is 0.368 e. The van der Waals surface area contributed by atoms with Crippen LogP contribution in [0.25, 0.3) is 0 Å². The Balaban J connectivity index is 2.10. The fraction of sp³-hybridized carbons (Fsp3) is 0.533. The minimum absolute atomic E-state index is 0.153. The molecular formula is C15H18BrF2NO2. The van der Waals surface area contributed by atoms with Crippen molar-refractivity contribution in [2.24, 2.45) is 0 Å². The lowest BCUT2D eigenvalue weighted by Crippen LogP contribution is -2.49. The van der Waals surface area contributed by atoms with Gasteiger partial charge in [0.2, 0.25) is 0 Å². The van der Waals surface area contributed by atoms with Crippen LogP contribution in [0.2, 0.25) is 0 Å². The van der Waals surface area contributed by atoms with Crippen LogP contribution in [0, 0.1) is 11.6 Å². The first kappa shape index (κ1) is 16.5. The Morgan fingerprint density at radius 1 is 1.48 bits per heavy atom. The molecule has 0 saturated carbocycles. The molecule has 21 heavy (non-hydrogen) atoms. The SMILES string of the molecule is CC(C)N1CCOC(C(=O)Cc2c(F)ccc(Br)c2F)C1. The zero-order valence-electron chi connectivity index (χ0n) is 12.0. The minimum Gasteiger partial charge on any atom is -0.368 e. The van der Waals surface area contributed by atoms with Crippen LogP contribution < -0.4 is 0 Å². The maximum absolute atomic E-state index is 13.9. The molecule has 1 fully saturated rings. The van der Waals surface area contributed by atoms with Gasteiger partial charge in [-0.25, -0.2) is 8.78 Å². The van der Waals surface area contributed by atoms with Crippen molar-refractivity contribution in [1.82, 2.24) is 4.90 Å². The number of rotatable bonds is 4. The van der Waals surface area contributed by atoms with Crippen molar-refractivity contribution in [3.8, 4) is 0 Å². The molecule has 0 N–H and O–H groups in total. The number of halogens is 3. The minimum atomic E-state index is -0.722. The van der Waals surface area contributed by atoms with Crippen molar-refractivity contribution >= 4 is 21.7 Å². The molecule has 3 nitrogen and oxygen atoms in total. The van der Waals surface area contributed by atoms with E-state index in [1.54, 1.807) is 0 Å². The summed E-state index contributed by atoms with van der Waals surface area (Å²) in [5.41, 5.74) is -0.209. The monoisotopic (exact) mass is 361 g/mol. The number of carbonyl (C=O) groups excluding carboxylic acids is 1. The van der Waals surface area contributed by atoms with E-state index < -0.39 is 17.7 Å². The maximum atomic E-state index is 13.9. The summed E-state index contributed by atoms with van der Waals surface area (Å²) < 4.78 is 33.2. The average Bonchev–Trinajstić information content (AvgIpc) is 2.47. The molecular weight excluding hydrogens is 344 g/mol. The van der Waals surface area contributed by atoms with Gasteiger partial charge < -0.3 is 4.74 Å². The summed E-state index contributed by atoms with van der Waals surface area (Å²) in [6, 6.07) is 2.75. The van der Waals surface area contributed by atoms with Crippen molar-refractivity contribution in [2.75, 3.05) is 19.7 Å². The predicted octanol–water partition coefficient (Wildman–Crippen LogP) is 2.95. The maximum Gasteiger partial charge on any atom is 0.167 e. The number of morpholine rings is 1. The second-order valence-corrected chi connectivity index (χ2v) is 6.27. The molecule has 1 aliphatic rings. The summed E-state index contributed by atoms with van der Waals surface area (Å²) in [6.45, 7) is 5.77. The van der Waals surface area contributed by atoms with Gasteiger partial charge in [0.25, 0.3) is 0 Å². The first-order valence-corrected chi connectivity index (χ1v) is 7.70. The number of Topliss-reactive ketones (excluding diaryl/α,β-unsaturated/α-hetero) is 1. The number of benzene rings is 1. The third-order valence-electron chi connectivity index (χ3n) is 3.68. The number of nitrogens with zero attached hydrogens (tertiary/aromatic N) is 1. The molecule has 116 valence electrons. The molecule has 1 aliphatic heterocycles. The molecule has 0 bridgehead atoms. The normalized spacial score (nSPS) is 20.0. The lowest BCUT2D eigenvalue weighted by Gasteiger charge is -2.34. The van der Waals surface area contributed by atoms with E-state index in [1.165, 1.54) is 6.07 Å². The molecule has 0 spiro atoms. The van der Waals surface area contributed by atoms with E-state index in [4.69, 9.17) is 4.74 Å². The molecule has 1 saturated heterocycles. The van der Waals surface area contributed by atoms with E-state index in [1.807, 2.05) is 13.8 Å². The van der Waals surface area contributed by atoms with Crippen molar-refractivity contribution in [3.63, 3.8) is 0 Å². The molecule has 1 unspecified atom stereocenters. The van der Waals surface area contributed by atoms with Crippen LogP contribution in [-0.4, -0.2) is 42.5 Å². The first-order valence-electron chi connectivity index (χ1n) is 6.91. The van der Waals surface area contributed by atoms with Gasteiger partial charge in [0.05, 0.1) is 11.1 Å². The van der Waals surface area contributed by atoms with Gasteiger partial charge in [0.15, 0.2) is 5.78 Å². The highest BCUT2D eigenvalue weighted by atomic mass is 79.9. The van der Waals surface area contributed by atoms with E-state index >= 15 is 0 Å². The van der Waals surface area contributed by atoms with Crippen molar-refractivity contribution < 1.29 is 18.3 Å². The summed E-state index contributed by atoms with van der Waals surface area (Å²) in [5.74, 6) is -1.73. The van der Waals surface area contributed by atoms with E-state index in [9.17, 15) is 13.6 Å². The summed E-state index contributed by atoms with van der Waals surface area (Å²) >= 11 is 3.00. The summed E-state index contributed by atoms with van der Waals surface area (Å²) in [7, 11) is 0. The Morgan fingerprint density at radius 3 is 2.86 bits per heavy atom. The van der Waals surface area contributed by atoms with Crippen molar-refractivity contribution in [3.05, 3.63) is 33.8 Å². The average molecular weight is 362 g/mol. The van der Waals surface area contributed by atoms with Crippen LogP contribution in [0.3, 0.4) is 0 Å². The Kier molecular flexibility index (Phi) is 5.46. The third kappa shape index (κ3) is 3.87. The van der Waals surface area contributed by atoms with Gasteiger partial charge in [-0.05, 0) is 41.9 Å². The van der Waals surface area contributed by atoms with Crippen LogP contribution in [0.15, 0.2) is 16.6 Å². The number of hydrogen-bond acceptors (Lipinski definition) is 3. The molecule has 6 heteroatoms. The fourth-order valence-electron chi connectivity index (χ4n) is 2.35. The highest BCUT2D eigenvalue weighted by molar-refractivity contribution is 9.10. The molecule has 0 radical (unpaired) electrons. The number of ketones is 1. The Morgan fingerprint density at radius 2 is 2.19 bits per heavy atom. The number of hydrogen-bond donors (Lipinski definition) is 0. The quantitative estimate of drug-likeness (QED) is 0.772. The van der Waals surface area contributed by atoms with Gasteiger partial charge in [-0.1, -0.05) is 0 Å². The third-order valence-corrected chi connectivity index (χ3v) is 4.29. The number of carbonyl (C=O) groups is 1. The zero-order chi connectivity index (χ0) is 15.6. The van der Waals surface area contributed by atoms with Gasteiger partial charge in [0.1, 0.15) is 17.7 Å². The summed E-state index contributed by atoms with van der Waals surface area (Å²) in [5, 5.41) is 0. The predicted molar refractivity (Wildman–Crippen MR) is 79.2 cm³/mol. The van der Waals surface area contributed by atoms with Crippen LogP contribution >= 0.6 is 15.9 Å². The van der Waals surface area contributed by atoms with Crippen LogP contribution in [0.1, 0.15) is 19.4 Å². The van der Waals surface area contributed by atoms with Crippen LogP contribution in [0.4, 0.5) is 8.78 Å². The summed E-state index contributed by atoms with van der Waals surface area (Å²) in [4.78, 5) is 14.4. The molecule has 1 atom stereocenters. The van der Waals surface area contributed by atoms with E-state index in [-0.39, 0.29) is 22.2 Å². The Hall–Kier alpha value is -0.850. The Labute approximate surface area is 131 Å². The molecule has 1 aromatic rings. The topological polar surface area (TPSA) is 29.5 Å². The van der Waals surface area contributed by atoms with Gasteiger partial charge in [0, 0.05) is 31.1 Å². The smallest absolute Gasteiger partial charge is 0.167 e. The molecule has 0 aromatic heterocycles. The van der Waals surface area contributed by atoms with Gasteiger partial charge >= 0.3 is 0 Å². The van der Waals surface area contributed by atoms with Gasteiger partial charge in [-0.15, -0.1) is 0 Å². The summed E-state index contributed by atoms with van der Waals surface area (Å²) in [6.07, 6.45) is -0.924. The first-order chi connectivity index (χ1) is 9.90. The highest BCUT2D eigenvalue weighted by Crippen LogP contribution is 2.23. The molecule has 0 aliphatic carbocycles. The molecule has 2 rings (SSSR count). The van der Waals surface area contributed by atoms with Gasteiger partial charge in [-0.2, -0.15) is 0 Å². The number of ether oxygens (including phenoxy) is 1. The molecule has 1 heterocycles. The van der Waals surface area contributed by atoms with Crippen molar-refractivity contribution in [2.45, 2.75) is 32.4 Å². The van der Waals surface area contributed by atoms with E-state index in [0.29, 0.717) is 19.2 Å². The second-order valence-electron chi connectivity index (χ2n) is 5.41. The van der Waals surface area contributed by atoms with Gasteiger partial charge in [-0.3, -0.25) is 9.69 Å². The molecule has 0 amide bonds. The molecule has 1 aromatic carbocycles. The van der Waals surface area contributed by atoms with Crippen LogP contribution in [0.5, 0.6) is 0 Å². The van der Waals surface area contributed by atoms with E-state index in [0.717, 1.165) is 12.6 Å². The van der Waals surface area contributed by atoms with E-state index in [2.05, 4.69) is 20.8 Å². The lowest BCUT2D eigenvalue weighted by atomic mass is 10.0. The Bertz CT molecular complexity index is 537.